The summed E-state index contributed by atoms with van der Waals surface area (Å²) >= 11 is 0. The van der Waals surface area contributed by atoms with Gasteiger partial charge in [-0.3, -0.25) is 0 Å². The van der Waals surface area contributed by atoms with Gasteiger partial charge in [0.15, 0.2) is 11.4 Å². The Bertz CT molecular complexity index is 323. The van der Waals surface area contributed by atoms with Crippen molar-refractivity contribution in [2.75, 3.05) is 0 Å². The second-order valence-corrected chi connectivity index (χ2v) is 3.36. The highest BCUT2D eigenvalue weighted by Crippen LogP contribution is 2.27. The summed E-state index contributed by atoms with van der Waals surface area (Å²) in [7, 11) is 0. The maximum Gasteiger partial charge on any atom is 0.335 e. The molecular formula is C10H12O4. The first kappa shape index (κ1) is 10.5. The third-order valence-corrected chi connectivity index (χ3v) is 1.71. The molecule has 0 atom stereocenters. The normalized spacial score (nSPS) is 19.4. The fraction of sp³-hybridized carbons (Fsp3) is 0.400. The molecule has 1 aliphatic rings. The fourth-order valence-corrected chi connectivity index (χ4v) is 1.04. The molecule has 0 saturated carbocycles. The molecule has 76 valence electrons. The van der Waals surface area contributed by atoms with E-state index in [2.05, 4.69) is 0 Å². The highest BCUT2D eigenvalue weighted by atomic mass is 16.6. The maximum absolute atomic E-state index is 11.1. The van der Waals surface area contributed by atoms with Crippen LogP contribution in [0.4, 0.5) is 0 Å². The van der Waals surface area contributed by atoms with Crippen molar-refractivity contribution in [1.82, 2.24) is 0 Å². The van der Waals surface area contributed by atoms with E-state index in [0.29, 0.717) is 0 Å². The minimum Gasteiger partial charge on any atom is -0.448 e. The van der Waals surface area contributed by atoms with Crippen molar-refractivity contribution in [2.45, 2.75) is 26.4 Å². The Morgan fingerprint density at radius 2 is 2.21 bits per heavy atom. The van der Waals surface area contributed by atoms with Crippen LogP contribution in [0.5, 0.6) is 0 Å². The van der Waals surface area contributed by atoms with Crippen LogP contribution in [0, 0.1) is 0 Å². The number of carbonyl (C=O) groups excluding carboxylic acids is 2. The average Bonchev–Trinajstić information content (AvgIpc) is 2.25. The zero-order chi connectivity index (χ0) is 10.8. The Kier molecular flexibility index (Phi) is 2.74. The van der Waals surface area contributed by atoms with Gasteiger partial charge in [-0.15, -0.1) is 0 Å². The van der Waals surface area contributed by atoms with Gasteiger partial charge in [-0.1, -0.05) is 6.08 Å². The van der Waals surface area contributed by atoms with Crippen molar-refractivity contribution in [3.8, 4) is 0 Å². The summed E-state index contributed by atoms with van der Waals surface area (Å²) in [5.41, 5.74) is -0.853. The number of allylic oxidation sites excluding steroid dienone is 1. The van der Waals surface area contributed by atoms with Crippen molar-refractivity contribution in [1.29, 1.82) is 0 Å². The summed E-state index contributed by atoms with van der Waals surface area (Å²) in [6.07, 6.45) is 4.02. The first-order valence-corrected chi connectivity index (χ1v) is 4.25. The number of esters is 2. The summed E-state index contributed by atoms with van der Waals surface area (Å²) in [4.78, 5) is 22.0. The molecule has 0 radical (unpaired) electrons. The molecule has 1 aliphatic heterocycles. The van der Waals surface area contributed by atoms with Crippen LogP contribution in [-0.2, 0) is 19.1 Å². The first-order valence-electron chi connectivity index (χ1n) is 4.25. The minimum absolute atomic E-state index is 0.241. The molecule has 0 bridgehead atoms. The molecule has 0 aromatic heterocycles. The van der Waals surface area contributed by atoms with Gasteiger partial charge in [0.2, 0.25) is 0 Å². The predicted molar refractivity (Wildman–Crippen MR) is 49.2 cm³/mol. The molecule has 0 saturated heterocycles. The molecule has 4 heteroatoms. The second-order valence-electron chi connectivity index (χ2n) is 3.36. The Labute approximate surface area is 82.2 Å². The van der Waals surface area contributed by atoms with Crippen molar-refractivity contribution in [3.05, 3.63) is 24.0 Å². The number of ether oxygens (including phenoxy) is 2. The van der Waals surface area contributed by atoms with Gasteiger partial charge in [-0.2, -0.15) is 0 Å². The third kappa shape index (κ3) is 2.22. The molecule has 0 N–H and O–H groups in total. The zero-order valence-electron chi connectivity index (χ0n) is 8.37. The van der Waals surface area contributed by atoms with Crippen LogP contribution in [0.25, 0.3) is 0 Å². The zero-order valence-corrected chi connectivity index (χ0v) is 8.37. The van der Waals surface area contributed by atoms with E-state index in [-0.39, 0.29) is 5.76 Å². The van der Waals surface area contributed by atoms with Crippen LogP contribution in [0.15, 0.2) is 24.0 Å². The highest BCUT2D eigenvalue weighted by molar-refractivity contribution is 5.88. The van der Waals surface area contributed by atoms with Gasteiger partial charge >= 0.3 is 11.9 Å². The lowest BCUT2D eigenvalue weighted by atomic mass is 10.1. The molecule has 4 nitrogen and oxygen atoms in total. The topological polar surface area (TPSA) is 52.6 Å². The summed E-state index contributed by atoms with van der Waals surface area (Å²) in [5.74, 6) is -0.756. The summed E-state index contributed by atoms with van der Waals surface area (Å²) < 4.78 is 9.83. The van der Waals surface area contributed by atoms with Crippen LogP contribution in [0.3, 0.4) is 0 Å². The average molecular weight is 196 g/mol. The largest absolute Gasteiger partial charge is 0.448 e. The van der Waals surface area contributed by atoms with Crippen molar-refractivity contribution in [2.24, 2.45) is 0 Å². The molecule has 1 rings (SSSR count). The summed E-state index contributed by atoms with van der Waals surface area (Å²) in [6.45, 7) is 5.02. The van der Waals surface area contributed by atoms with Crippen molar-refractivity contribution < 1.29 is 19.1 Å². The SMILES string of the molecule is C/C=C/C(=O)OC1=CC(=O)OC1(C)C. The summed E-state index contributed by atoms with van der Waals surface area (Å²) in [5, 5.41) is 0. The van der Waals surface area contributed by atoms with E-state index < -0.39 is 17.5 Å². The van der Waals surface area contributed by atoms with Crippen LogP contribution in [0.1, 0.15) is 20.8 Å². The number of hydrogen-bond donors (Lipinski definition) is 0. The van der Waals surface area contributed by atoms with Gasteiger partial charge in [0, 0.05) is 6.08 Å². The fourth-order valence-electron chi connectivity index (χ4n) is 1.04. The van der Waals surface area contributed by atoms with Gasteiger partial charge in [0.05, 0.1) is 6.08 Å². The lowest BCUT2D eigenvalue weighted by Gasteiger charge is -2.19. The van der Waals surface area contributed by atoms with E-state index in [4.69, 9.17) is 9.47 Å². The van der Waals surface area contributed by atoms with E-state index >= 15 is 0 Å². The smallest absolute Gasteiger partial charge is 0.335 e. The first-order chi connectivity index (χ1) is 6.45. The van der Waals surface area contributed by atoms with Crippen LogP contribution in [-0.4, -0.2) is 17.5 Å². The van der Waals surface area contributed by atoms with E-state index in [1.165, 1.54) is 12.2 Å². The van der Waals surface area contributed by atoms with E-state index in [9.17, 15) is 9.59 Å². The Balaban J connectivity index is 2.74. The summed E-state index contributed by atoms with van der Waals surface area (Å²) in [6, 6.07) is 0. The second kappa shape index (κ2) is 3.65. The van der Waals surface area contributed by atoms with Gasteiger partial charge in [-0.25, -0.2) is 9.59 Å². The Morgan fingerprint density at radius 1 is 1.57 bits per heavy atom. The molecule has 0 aliphatic carbocycles. The molecule has 0 amide bonds. The van der Waals surface area contributed by atoms with Gasteiger partial charge in [0.25, 0.3) is 0 Å². The van der Waals surface area contributed by atoms with E-state index in [1.54, 1.807) is 26.8 Å². The van der Waals surface area contributed by atoms with Crippen molar-refractivity contribution >= 4 is 11.9 Å². The monoisotopic (exact) mass is 196 g/mol. The van der Waals surface area contributed by atoms with Gasteiger partial charge in [0.1, 0.15) is 0 Å². The quantitative estimate of drug-likeness (QED) is 0.493. The molecule has 0 fully saturated rings. The standard InChI is InChI=1S/C10H12O4/c1-4-5-8(11)13-7-6-9(12)14-10(7,2)3/h4-6H,1-3H3/b5-4+. The number of hydrogen-bond acceptors (Lipinski definition) is 4. The predicted octanol–water partition coefficient (Wildman–Crippen LogP) is 1.32. The van der Waals surface area contributed by atoms with Gasteiger partial charge < -0.3 is 9.47 Å². The van der Waals surface area contributed by atoms with E-state index in [0.717, 1.165) is 0 Å². The molecular weight excluding hydrogens is 184 g/mol. The van der Waals surface area contributed by atoms with E-state index in [1.807, 2.05) is 0 Å². The Hall–Kier alpha value is -1.58. The van der Waals surface area contributed by atoms with Crippen LogP contribution < -0.4 is 0 Å². The minimum atomic E-state index is -0.853. The lowest BCUT2D eigenvalue weighted by molar-refractivity contribution is -0.148. The Morgan fingerprint density at radius 3 is 2.64 bits per heavy atom. The molecule has 0 aromatic carbocycles. The molecule has 1 heterocycles. The van der Waals surface area contributed by atoms with Crippen LogP contribution >= 0.6 is 0 Å². The highest BCUT2D eigenvalue weighted by Gasteiger charge is 2.36. The number of cyclic esters (lactones) is 1. The third-order valence-electron chi connectivity index (χ3n) is 1.71. The maximum atomic E-state index is 11.1. The number of rotatable bonds is 2. The molecule has 0 aromatic rings. The molecule has 0 spiro atoms. The molecule has 14 heavy (non-hydrogen) atoms. The lowest BCUT2D eigenvalue weighted by Crippen LogP contribution is -2.25. The van der Waals surface area contributed by atoms with Crippen molar-refractivity contribution in [3.63, 3.8) is 0 Å². The number of carbonyl (C=O) groups is 2. The van der Waals surface area contributed by atoms with Gasteiger partial charge in [-0.05, 0) is 20.8 Å². The van der Waals surface area contributed by atoms with Crippen LogP contribution in [0.2, 0.25) is 0 Å². The molecule has 0 unspecified atom stereocenters.